The zero-order chi connectivity index (χ0) is 65.9. The minimum absolute atomic E-state index is 0.105. The molecule has 0 aromatic rings. The van der Waals surface area contributed by atoms with E-state index in [1.165, 1.54) is 154 Å². The topological polar surface area (TPSA) is 237 Å². The molecule has 2 unspecified atom stereocenters. The summed E-state index contributed by atoms with van der Waals surface area (Å²) >= 11 is 0. The molecule has 0 spiro atoms. The van der Waals surface area contributed by atoms with Gasteiger partial charge in [-0.1, -0.05) is 299 Å². The summed E-state index contributed by atoms with van der Waals surface area (Å²) in [6.45, 7) is 11.8. The van der Waals surface area contributed by atoms with Gasteiger partial charge in [-0.25, -0.2) is 9.13 Å². The largest absolute Gasteiger partial charge is 0.472 e. The van der Waals surface area contributed by atoms with E-state index < -0.39 is 97.5 Å². The number of unbranched alkanes of at least 4 members (excludes halogenated alkanes) is 36. The Kier molecular flexibility index (Phi) is 59.6. The molecule has 0 aromatic carbocycles. The van der Waals surface area contributed by atoms with Gasteiger partial charge in [0, 0.05) is 25.7 Å². The van der Waals surface area contributed by atoms with Crippen molar-refractivity contribution in [2.24, 2.45) is 17.8 Å². The molecule has 0 aliphatic heterocycles. The number of phosphoric acid groups is 2. The van der Waals surface area contributed by atoms with Crippen LogP contribution in [0.3, 0.4) is 0 Å². The lowest BCUT2D eigenvalue weighted by molar-refractivity contribution is -0.161. The second kappa shape index (κ2) is 61.0. The number of carbonyl (C=O) groups excluding carboxylic acids is 4. The molecular formula is C70H136O17P2. The van der Waals surface area contributed by atoms with E-state index in [2.05, 4.69) is 48.5 Å². The number of ether oxygens (including phenoxy) is 4. The molecule has 17 nitrogen and oxygen atoms in total. The van der Waals surface area contributed by atoms with Gasteiger partial charge >= 0.3 is 39.5 Å². The number of rotatable bonds is 68. The quantitative estimate of drug-likeness (QED) is 0.0222. The third kappa shape index (κ3) is 64.6. The molecule has 89 heavy (non-hydrogen) atoms. The highest BCUT2D eigenvalue weighted by molar-refractivity contribution is 7.47. The molecular weight excluding hydrogens is 1170 g/mol. The summed E-state index contributed by atoms with van der Waals surface area (Å²) in [5, 5.41) is 10.6. The van der Waals surface area contributed by atoms with Crippen LogP contribution in [0.15, 0.2) is 0 Å². The Bertz CT molecular complexity index is 1750. The Morgan fingerprint density at radius 3 is 0.764 bits per heavy atom. The predicted octanol–water partition coefficient (Wildman–Crippen LogP) is 19.8. The highest BCUT2D eigenvalue weighted by atomic mass is 31.2. The SMILES string of the molecule is CCCCCCCC(=O)OC[C@H](COP(=O)(O)OC[C@H](O)COP(=O)(O)OC[C@@H](COC(=O)CCCCCCCCCCCCC(C)C)OC(=O)CCCCCCCCCCCCCCCCCC(C)C)OC(=O)CCCCCCCCCCCCC(C)C. The van der Waals surface area contributed by atoms with Crippen LogP contribution in [-0.2, 0) is 65.4 Å². The molecule has 3 N–H and O–H groups in total. The smallest absolute Gasteiger partial charge is 0.462 e. The first-order valence-electron chi connectivity index (χ1n) is 36.3. The molecule has 0 aromatic heterocycles. The maximum atomic E-state index is 13.0. The van der Waals surface area contributed by atoms with Crippen molar-refractivity contribution in [3.8, 4) is 0 Å². The predicted molar refractivity (Wildman–Crippen MR) is 358 cm³/mol. The zero-order valence-electron chi connectivity index (χ0n) is 57.9. The summed E-state index contributed by atoms with van der Waals surface area (Å²) in [6, 6.07) is 0. The first kappa shape index (κ1) is 87.1. The van der Waals surface area contributed by atoms with Crippen LogP contribution in [0.25, 0.3) is 0 Å². The Morgan fingerprint density at radius 2 is 0.517 bits per heavy atom. The van der Waals surface area contributed by atoms with Crippen LogP contribution < -0.4 is 0 Å². The number of carbonyl (C=O) groups is 4. The molecule has 0 saturated heterocycles. The molecule has 0 saturated carbocycles. The molecule has 0 amide bonds. The van der Waals surface area contributed by atoms with Gasteiger partial charge < -0.3 is 33.8 Å². The van der Waals surface area contributed by atoms with E-state index in [-0.39, 0.29) is 25.7 Å². The van der Waals surface area contributed by atoms with Crippen LogP contribution in [0.1, 0.15) is 350 Å². The maximum absolute atomic E-state index is 13.0. The van der Waals surface area contributed by atoms with Gasteiger partial charge in [0.05, 0.1) is 26.4 Å². The molecule has 528 valence electrons. The Labute approximate surface area is 543 Å². The van der Waals surface area contributed by atoms with Crippen LogP contribution in [0.5, 0.6) is 0 Å². The summed E-state index contributed by atoms with van der Waals surface area (Å²) in [6.07, 6.45) is 44.8. The van der Waals surface area contributed by atoms with Crippen LogP contribution in [0.4, 0.5) is 0 Å². The van der Waals surface area contributed by atoms with Crippen molar-refractivity contribution in [3.63, 3.8) is 0 Å². The van der Waals surface area contributed by atoms with E-state index >= 15 is 0 Å². The van der Waals surface area contributed by atoms with Crippen molar-refractivity contribution in [1.82, 2.24) is 0 Å². The zero-order valence-corrected chi connectivity index (χ0v) is 59.7. The van der Waals surface area contributed by atoms with Crippen molar-refractivity contribution in [1.29, 1.82) is 0 Å². The van der Waals surface area contributed by atoms with Crippen molar-refractivity contribution in [2.45, 2.75) is 369 Å². The Hall–Kier alpha value is -1.94. The number of esters is 4. The normalized spacial score (nSPS) is 14.2. The van der Waals surface area contributed by atoms with Gasteiger partial charge in [0.15, 0.2) is 12.2 Å². The van der Waals surface area contributed by atoms with E-state index in [0.717, 1.165) is 114 Å². The second-order valence-electron chi connectivity index (χ2n) is 26.7. The minimum Gasteiger partial charge on any atom is -0.462 e. The molecule has 0 bridgehead atoms. The van der Waals surface area contributed by atoms with Crippen molar-refractivity contribution >= 4 is 39.5 Å². The van der Waals surface area contributed by atoms with Crippen molar-refractivity contribution < 1.29 is 80.2 Å². The first-order valence-corrected chi connectivity index (χ1v) is 39.3. The van der Waals surface area contributed by atoms with E-state index in [9.17, 15) is 43.2 Å². The van der Waals surface area contributed by atoms with Crippen LogP contribution >= 0.6 is 15.6 Å². The van der Waals surface area contributed by atoms with Gasteiger partial charge in [-0.15, -0.1) is 0 Å². The minimum atomic E-state index is -4.95. The molecule has 0 aliphatic carbocycles. The number of phosphoric ester groups is 2. The summed E-state index contributed by atoms with van der Waals surface area (Å²) in [5.41, 5.74) is 0. The van der Waals surface area contributed by atoms with Crippen molar-refractivity contribution in [2.75, 3.05) is 39.6 Å². The third-order valence-corrected chi connectivity index (χ3v) is 18.0. The van der Waals surface area contributed by atoms with E-state index in [4.69, 9.17) is 37.0 Å². The molecule has 0 heterocycles. The van der Waals surface area contributed by atoms with Gasteiger partial charge in [0.2, 0.25) is 0 Å². The molecule has 0 radical (unpaired) electrons. The van der Waals surface area contributed by atoms with Gasteiger partial charge in [-0.3, -0.25) is 37.3 Å². The highest BCUT2D eigenvalue weighted by Gasteiger charge is 2.30. The van der Waals surface area contributed by atoms with E-state index in [1.54, 1.807) is 0 Å². The van der Waals surface area contributed by atoms with Gasteiger partial charge in [-0.05, 0) is 43.4 Å². The second-order valence-corrected chi connectivity index (χ2v) is 29.6. The lowest BCUT2D eigenvalue weighted by atomic mass is 10.0. The molecule has 0 fully saturated rings. The van der Waals surface area contributed by atoms with Gasteiger partial charge in [0.1, 0.15) is 19.3 Å². The number of hydrogen-bond donors (Lipinski definition) is 3. The average molecular weight is 1310 g/mol. The molecule has 0 rings (SSSR count). The Balaban J connectivity index is 5.15. The van der Waals surface area contributed by atoms with E-state index in [0.29, 0.717) is 25.7 Å². The van der Waals surface area contributed by atoms with Gasteiger partial charge in [0.25, 0.3) is 0 Å². The number of aliphatic hydroxyl groups is 1. The molecule has 0 aliphatic rings. The molecule has 19 heteroatoms. The number of hydrogen-bond acceptors (Lipinski definition) is 15. The lowest BCUT2D eigenvalue weighted by Gasteiger charge is -2.21. The number of aliphatic hydroxyl groups excluding tert-OH is 1. The summed E-state index contributed by atoms with van der Waals surface area (Å²) in [5.74, 6) is 0.177. The first-order chi connectivity index (χ1) is 42.7. The van der Waals surface area contributed by atoms with Gasteiger partial charge in [-0.2, -0.15) is 0 Å². The van der Waals surface area contributed by atoms with Crippen LogP contribution in [0.2, 0.25) is 0 Å². The maximum Gasteiger partial charge on any atom is 0.472 e. The molecule has 5 atom stereocenters. The Morgan fingerprint density at radius 1 is 0.303 bits per heavy atom. The summed E-state index contributed by atoms with van der Waals surface area (Å²) in [4.78, 5) is 72.3. The average Bonchev–Trinajstić information content (AvgIpc) is 3.60. The van der Waals surface area contributed by atoms with Crippen LogP contribution in [0, 0.1) is 17.8 Å². The highest BCUT2D eigenvalue weighted by Crippen LogP contribution is 2.45. The van der Waals surface area contributed by atoms with E-state index in [1.807, 2.05) is 0 Å². The fourth-order valence-corrected chi connectivity index (χ4v) is 12.1. The van der Waals surface area contributed by atoms with Crippen molar-refractivity contribution in [3.05, 3.63) is 0 Å². The fraction of sp³-hybridized carbons (Fsp3) is 0.943. The monoisotopic (exact) mass is 1310 g/mol. The summed E-state index contributed by atoms with van der Waals surface area (Å²) < 4.78 is 68.1. The fourth-order valence-electron chi connectivity index (χ4n) is 10.5. The third-order valence-electron chi connectivity index (χ3n) is 16.1. The van der Waals surface area contributed by atoms with Crippen LogP contribution in [-0.4, -0.2) is 96.7 Å². The lowest BCUT2D eigenvalue weighted by Crippen LogP contribution is -2.30. The summed E-state index contributed by atoms with van der Waals surface area (Å²) in [7, 11) is -9.89. The standard InChI is InChI=1S/C70H136O17P2/c1-8-9-10-34-44-51-67(72)80-57-65(86-69(74)54-47-40-33-27-21-19-24-30-37-43-50-63(6)7)59-84-88(76,77)82-55-64(71)56-83-89(78,79)85-60-66(58-81-68(73)52-45-38-31-25-20-18-23-29-36-42-49-62(4)5)87-70(75)53-46-39-32-26-17-15-13-11-12-14-16-22-28-35-41-48-61(2)3/h61-66,71H,8-60H2,1-7H3,(H,76,77)(H,78,79)/t64-,65+,66+/m0/s1.